The van der Waals surface area contributed by atoms with E-state index in [9.17, 15) is 9.90 Å². The first-order chi connectivity index (χ1) is 14.6. The number of unbranched alkanes of at least 4 members (excludes halogenated alkanes) is 15. The van der Waals surface area contributed by atoms with Crippen molar-refractivity contribution in [1.82, 2.24) is 0 Å². The van der Waals surface area contributed by atoms with Gasteiger partial charge in [-0.3, -0.25) is 4.79 Å². The number of aromatic hydroxyl groups is 1. The average Bonchev–Trinajstić information content (AvgIpc) is 2.75. The molecule has 1 N–H and O–H groups in total. The molecule has 1 atom stereocenters. The second-order valence-corrected chi connectivity index (χ2v) is 8.78. The Morgan fingerprint density at radius 3 is 1.57 bits per heavy atom. The third-order valence-corrected chi connectivity index (χ3v) is 5.99. The zero-order valence-electron chi connectivity index (χ0n) is 19.7. The average molecular weight is 419 g/mol. The minimum absolute atomic E-state index is 0.179. The van der Waals surface area contributed by atoms with Crippen molar-refractivity contribution in [3.05, 3.63) is 29.8 Å². The zero-order chi connectivity index (χ0) is 21.9. The van der Waals surface area contributed by atoms with Crippen LogP contribution in [0, 0.1) is 0 Å². The summed E-state index contributed by atoms with van der Waals surface area (Å²) >= 11 is 0. The van der Waals surface area contributed by atoms with Crippen molar-refractivity contribution < 1.29 is 14.6 Å². The Morgan fingerprint density at radius 2 is 1.13 bits per heavy atom. The number of carbonyl (C=O) groups excluding carboxylic acids is 1. The lowest BCUT2D eigenvalue weighted by Crippen LogP contribution is -2.13. The largest absolute Gasteiger partial charge is 0.508 e. The molecule has 0 spiro atoms. The Labute approximate surface area is 185 Å². The molecule has 0 bridgehead atoms. The van der Waals surface area contributed by atoms with Gasteiger partial charge in [0.05, 0.1) is 12.5 Å². The first-order valence-corrected chi connectivity index (χ1v) is 12.6. The number of carbonyl (C=O) groups is 1. The highest BCUT2D eigenvalue weighted by atomic mass is 16.5. The van der Waals surface area contributed by atoms with E-state index in [-0.39, 0.29) is 17.6 Å². The van der Waals surface area contributed by atoms with Crippen LogP contribution in [0.3, 0.4) is 0 Å². The number of rotatable bonds is 19. The number of hydrogen-bond donors (Lipinski definition) is 1. The Balaban J connectivity index is 1.84. The van der Waals surface area contributed by atoms with Crippen molar-refractivity contribution in [2.75, 3.05) is 6.61 Å². The maximum Gasteiger partial charge on any atom is 0.313 e. The zero-order valence-corrected chi connectivity index (χ0v) is 19.7. The molecular formula is C27H46O3. The van der Waals surface area contributed by atoms with Crippen LogP contribution in [-0.4, -0.2) is 17.7 Å². The van der Waals surface area contributed by atoms with E-state index in [1.165, 1.54) is 89.9 Å². The van der Waals surface area contributed by atoms with E-state index in [1.54, 1.807) is 24.3 Å². The lowest BCUT2D eigenvalue weighted by molar-refractivity contribution is -0.145. The monoisotopic (exact) mass is 418 g/mol. The van der Waals surface area contributed by atoms with Gasteiger partial charge in [-0.1, -0.05) is 115 Å². The minimum Gasteiger partial charge on any atom is -0.508 e. The molecular weight excluding hydrogens is 372 g/mol. The number of phenolic OH excluding ortho intramolecular Hbond substituents is 1. The summed E-state index contributed by atoms with van der Waals surface area (Å²) in [4.78, 5) is 12.1. The summed E-state index contributed by atoms with van der Waals surface area (Å²) in [5.74, 6) is -0.249. The van der Waals surface area contributed by atoms with Gasteiger partial charge in [-0.05, 0) is 31.0 Å². The van der Waals surface area contributed by atoms with Crippen LogP contribution < -0.4 is 0 Å². The highest BCUT2D eigenvalue weighted by Gasteiger charge is 2.16. The summed E-state index contributed by atoms with van der Waals surface area (Å²) in [5.41, 5.74) is 0.879. The number of hydrogen-bond acceptors (Lipinski definition) is 3. The SMILES string of the molecule is CCCCCCCCCCCCCCCCCCOC(=O)C(C)c1ccc(O)cc1. The van der Waals surface area contributed by atoms with Gasteiger partial charge in [0, 0.05) is 0 Å². The van der Waals surface area contributed by atoms with Gasteiger partial charge >= 0.3 is 5.97 Å². The Hall–Kier alpha value is -1.51. The maximum absolute atomic E-state index is 12.1. The van der Waals surface area contributed by atoms with Crippen LogP contribution in [0.1, 0.15) is 128 Å². The molecule has 3 heteroatoms. The second-order valence-electron chi connectivity index (χ2n) is 8.78. The molecule has 3 nitrogen and oxygen atoms in total. The van der Waals surface area contributed by atoms with E-state index in [4.69, 9.17) is 4.74 Å². The van der Waals surface area contributed by atoms with Gasteiger partial charge in [0.25, 0.3) is 0 Å². The summed E-state index contributed by atoms with van der Waals surface area (Å²) in [6.07, 6.45) is 21.5. The second kappa shape index (κ2) is 18.3. The van der Waals surface area contributed by atoms with E-state index in [2.05, 4.69) is 6.92 Å². The van der Waals surface area contributed by atoms with Crippen molar-refractivity contribution in [2.45, 2.75) is 122 Å². The Bertz CT molecular complexity index is 523. The predicted octanol–water partition coefficient (Wildman–Crippen LogP) is 8.30. The van der Waals surface area contributed by atoms with Gasteiger partial charge in [-0.2, -0.15) is 0 Å². The molecule has 0 saturated carbocycles. The molecule has 0 radical (unpaired) electrons. The van der Waals surface area contributed by atoms with Crippen LogP contribution in [0.25, 0.3) is 0 Å². The minimum atomic E-state index is -0.286. The van der Waals surface area contributed by atoms with E-state index in [0.29, 0.717) is 6.61 Å². The first-order valence-electron chi connectivity index (χ1n) is 12.6. The lowest BCUT2D eigenvalue weighted by atomic mass is 10.0. The van der Waals surface area contributed by atoms with Gasteiger partial charge in [0.2, 0.25) is 0 Å². The summed E-state index contributed by atoms with van der Waals surface area (Å²) in [7, 11) is 0. The summed E-state index contributed by atoms with van der Waals surface area (Å²) in [6.45, 7) is 4.64. The molecule has 172 valence electrons. The summed E-state index contributed by atoms with van der Waals surface area (Å²) < 4.78 is 5.41. The van der Waals surface area contributed by atoms with Crippen molar-refractivity contribution >= 4 is 5.97 Å². The van der Waals surface area contributed by atoms with E-state index in [1.807, 2.05) is 6.92 Å². The number of phenols is 1. The van der Waals surface area contributed by atoms with Crippen LogP contribution in [0.4, 0.5) is 0 Å². The van der Waals surface area contributed by atoms with Crippen LogP contribution >= 0.6 is 0 Å². The van der Waals surface area contributed by atoms with Crippen LogP contribution in [-0.2, 0) is 9.53 Å². The quantitative estimate of drug-likeness (QED) is 0.181. The third kappa shape index (κ3) is 13.7. The Kier molecular flexibility index (Phi) is 16.2. The number of ether oxygens (including phenoxy) is 1. The van der Waals surface area contributed by atoms with Crippen LogP contribution in [0.2, 0.25) is 0 Å². The fourth-order valence-electron chi connectivity index (χ4n) is 3.85. The summed E-state index contributed by atoms with van der Waals surface area (Å²) in [6, 6.07) is 6.76. The molecule has 0 saturated heterocycles. The van der Waals surface area contributed by atoms with Crippen LogP contribution in [0.15, 0.2) is 24.3 Å². The van der Waals surface area contributed by atoms with Crippen molar-refractivity contribution in [2.24, 2.45) is 0 Å². The van der Waals surface area contributed by atoms with Gasteiger partial charge in [0.1, 0.15) is 5.75 Å². The van der Waals surface area contributed by atoms with Crippen molar-refractivity contribution in [3.8, 4) is 5.75 Å². The highest BCUT2D eigenvalue weighted by molar-refractivity contribution is 5.77. The topological polar surface area (TPSA) is 46.5 Å². The lowest BCUT2D eigenvalue weighted by Gasteiger charge is -2.12. The van der Waals surface area contributed by atoms with Gasteiger partial charge in [0.15, 0.2) is 0 Å². The van der Waals surface area contributed by atoms with E-state index in [0.717, 1.165) is 18.4 Å². The molecule has 1 aromatic carbocycles. The molecule has 0 aromatic heterocycles. The van der Waals surface area contributed by atoms with E-state index < -0.39 is 0 Å². The first kappa shape index (κ1) is 26.5. The third-order valence-electron chi connectivity index (χ3n) is 5.99. The molecule has 1 rings (SSSR count). The standard InChI is InChI=1S/C27H46O3/c1-3-4-5-6-7-8-9-10-11-12-13-14-15-16-17-18-23-30-27(29)24(2)25-19-21-26(28)22-20-25/h19-22,24,28H,3-18,23H2,1-2H3. The van der Waals surface area contributed by atoms with Gasteiger partial charge in [-0.25, -0.2) is 0 Å². The molecule has 0 fully saturated rings. The Morgan fingerprint density at radius 1 is 0.733 bits per heavy atom. The van der Waals surface area contributed by atoms with Gasteiger partial charge in [-0.15, -0.1) is 0 Å². The molecule has 0 aliphatic heterocycles. The molecule has 1 aromatic rings. The molecule has 0 amide bonds. The van der Waals surface area contributed by atoms with Crippen LogP contribution in [0.5, 0.6) is 5.75 Å². The fourth-order valence-corrected chi connectivity index (χ4v) is 3.85. The highest BCUT2D eigenvalue weighted by Crippen LogP contribution is 2.20. The number of benzene rings is 1. The van der Waals surface area contributed by atoms with Crippen molar-refractivity contribution in [3.63, 3.8) is 0 Å². The smallest absolute Gasteiger partial charge is 0.313 e. The molecule has 0 aliphatic carbocycles. The maximum atomic E-state index is 12.1. The fraction of sp³-hybridized carbons (Fsp3) is 0.741. The molecule has 1 unspecified atom stereocenters. The normalized spacial score (nSPS) is 12.1. The van der Waals surface area contributed by atoms with E-state index >= 15 is 0 Å². The predicted molar refractivity (Wildman–Crippen MR) is 127 cm³/mol. The molecule has 30 heavy (non-hydrogen) atoms. The molecule has 0 heterocycles. The van der Waals surface area contributed by atoms with Crippen molar-refractivity contribution in [1.29, 1.82) is 0 Å². The summed E-state index contributed by atoms with van der Waals surface area (Å²) in [5, 5.41) is 9.33. The van der Waals surface area contributed by atoms with Gasteiger partial charge < -0.3 is 9.84 Å². The number of esters is 1. The molecule has 0 aliphatic rings.